The number of carbonyl (C=O) groups excluding carboxylic acids is 1. The lowest BCUT2D eigenvalue weighted by molar-refractivity contribution is 0.0213. The maximum absolute atomic E-state index is 12.4. The Morgan fingerprint density at radius 2 is 1.83 bits per heavy atom. The van der Waals surface area contributed by atoms with E-state index >= 15 is 0 Å². The predicted octanol–water partition coefficient (Wildman–Crippen LogP) is 4.30. The van der Waals surface area contributed by atoms with Crippen LogP contribution >= 0.6 is 0 Å². The lowest BCUT2D eigenvalue weighted by Gasteiger charge is -2.38. The minimum atomic E-state index is -1.90. The summed E-state index contributed by atoms with van der Waals surface area (Å²) in [5.41, 5.74) is -0.535. The molecule has 0 aromatic heterocycles. The Morgan fingerprint density at radius 3 is 2.26 bits per heavy atom. The van der Waals surface area contributed by atoms with Crippen LogP contribution in [0.5, 0.6) is 0 Å². The van der Waals surface area contributed by atoms with Crippen LogP contribution in [0.1, 0.15) is 54.4 Å². The molecule has 0 spiro atoms. The van der Waals surface area contributed by atoms with Crippen LogP contribution < -0.4 is 0 Å². The van der Waals surface area contributed by atoms with Crippen LogP contribution in [0.3, 0.4) is 0 Å². The first-order chi connectivity index (χ1) is 10.3. The molecular weight excluding hydrogens is 308 g/mol. The third kappa shape index (κ3) is 5.50. The molecule has 0 bridgehead atoms. The summed E-state index contributed by atoms with van der Waals surface area (Å²) in [6.07, 6.45) is 0.663. The van der Waals surface area contributed by atoms with Crippen molar-refractivity contribution in [3.05, 3.63) is 0 Å². The van der Waals surface area contributed by atoms with Crippen molar-refractivity contribution in [1.29, 1.82) is 5.26 Å². The smallest absolute Gasteiger partial charge is 0.410 e. The lowest BCUT2D eigenvalue weighted by Crippen LogP contribution is -2.45. The molecule has 132 valence electrons. The summed E-state index contributed by atoms with van der Waals surface area (Å²) in [5.74, 6) is 0. The predicted molar refractivity (Wildman–Crippen MR) is 93.6 cm³/mol. The minimum absolute atomic E-state index is 0.0123. The van der Waals surface area contributed by atoms with E-state index in [0.717, 1.165) is 0 Å². The van der Waals surface area contributed by atoms with Crippen molar-refractivity contribution in [3.63, 3.8) is 0 Å². The van der Waals surface area contributed by atoms with E-state index in [9.17, 15) is 4.79 Å². The van der Waals surface area contributed by atoms with Crippen molar-refractivity contribution < 1.29 is 14.0 Å². The van der Waals surface area contributed by atoms with Crippen molar-refractivity contribution in [3.8, 4) is 6.07 Å². The van der Waals surface area contributed by atoms with E-state index in [4.69, 9.17) is 14.4 Å². The molecule has 1 saturated heterocycles. The molecule has 0 aliphatic carbocycles. The fourth-order valence-corrected chi connectivity index (χ4v) is 3.75. The Bertz CT molecular complexity index is 472. The van der Waals surface area contributed by atoms with Gasteiger partial charge in [-0.15, -0.1) is 0 Å². The summed E-state index contributed by atoms with van der Waals surface area (Å²) in [6, 6.07) is 2.06. The van der Waals surface area contributed by atoms with E-state index in [2.05, 4.69) is 39.9 Å². The molecule has 0 radical (unpaired) electrons. The molecule has 2 atom stereocenters. The van der Waals surface area contributed by atoms with E-state index < -0.39 is 13.9 Å². The normalized spacial score (nSPS) is 22.8. The maximum Gasteiger partial charge on any atom is 0.410 e. The third-order valence-electron chi connectivity index (χ3n) is 4.60. The molecule has 1 fully saturated rings. The number of nitriles is 1. The summed E-state index contributed by atoms with van der Waals surface area (Å²) < 4.78 is 11.9. The van der Waals surface area contributed by atoms with Gasteiger partial charge < -0.3 is 14.1 Å². The summed E-state index contributed by atoms with van der Waals surface area (Å²) in [7, 11) is -1.90. The Hall–Kier alpha value is -1.06. The molecule has 1 unspecified atom stereocenters. The number of hydrogen-bond donors (Lipinski definition) is 0. The molecule has 1 amide bonds. The van der Waals surface area contributed by atoms with Crippen LogP contribution in [0, 0.1) is 11.3 Å². The molecule has 0 N–H and O–H groups in total. The van der Waals surface area contributed by atoms with Crippen LogP contribution in [0.4, 0.5) is 4.79 Å². The molecule has 1 heterocycles. The molecule has 0 aromatic rings. The first-order valence-electron chi connectivity index (χ1n) is 8.31. The van der Waals surface area contributed by atoms with Crippen molar-refractivity contribution >= 4 is 14.4 Å². The Morgan fingerprint density at radius 1 is 1.26 bits per heavy atom. The highest BCUT2D eigenvalue weighted by atomic mass is 28.4. The highest BCUT2D eigenvalue weighted by Crippen LogP contribution is 2.39. The van der Waals surface area contributed by atoms with Gasteiger partial charge in [-0.2, -0.15) is 5.26 Å². The lowest BCUT2D eigenvalue weighted by atomic mass is 10.1. The molecule has 1 aliphatic heterocycles. The van der Waals surface area contributed by atoms with E-state index in [1.807, 2.05) is 20.8 Å². The van der Waals surface area contributed by atoms with E-state index in [0.29, 0.717) is 19.4 Å². The van der Waals surface area contributed by atoms with Gasteiger partial charge in [0.15, 0.2) is 8.32 Å². The zero-order valence-electron chi connectivity index (χ0n) is 15.9. The minimum Gasteiger partial charge on any atom is -0.444 e. The number of likely N-dealkylation sites (tertiary alicyclic amines) is 1. The largest absolute Gasteiger partial charge is 0.444 e. The molecule has 1 rings (SSSR count). The molecule has 5 nitrogen and oxygen atoms in total. The van der Waals surface area contributed by atoms with Gasteiger partial charge >= 0.3 is 6.09 Å². The van der Waals surface area contributed by atoms with Gasteiger partial charge in [-0.25, -0.2) is 4.79 Å². The second kappa shape index (κ2) is 6.82. The second-order valence-corrected chi connectivity index (χ2v) is 13.6. The summed E-state index contributed by atoms with van der Waals surface area (Å²) in [5, 5.41) is 9.17. The van der Waals surface area contributed by atoms with Crippen molar-refractivity contribution in [1.82, 2.24) is 4.90 Å². The fourth-order valence-electron chi connectivity index (χ4n) is 2.40. The summed E-state index contributed by atoms with van der Waals surface area (Å²) in [4.78, 5) is 14.1. The van der Waals surface area contributed by atoms with Gasteiger partial charge in [0.05, 0.1) is 24.6 Å². The van der Waals surface area contributed by atoms with E-state index in [-0.39, 0.29) is 23.3 Å². The summed E-state index contributed by atoms with van der Waals surface area (Å²) in [6.45, 7) is 17.1. The number of rotatable bonds is 3. The SMILES string of the molecule is CC(C)(C)OC(=O)N1CC(O[Si](C)(C)C(C)(C)C)C[C@H]1CC#N. The van der Waals surface area contributed by atoms with E-state index in [1.165, 1.54) is 0 Å². The third-order valence-corrected chi connectivity index (χ3v) is 9.13. The molecule has 0 aromatic carbocycles. The van der Waals surface area contributed by atoms with Crippen LogP contribution in [0.15, 0.2) is 0 Å². The Balaban J connectivity index is 2.82. The van der Waals surface area contributed by atoms with Crippen molar-refractivity contribution in [2.45, 2.75) is 90.3 Å². The molecule has 6 heteroatoms. The van der Waals surface area contributed by atoms with Gasteiger partial charge in [0.2, 0.25) is 0 Å². The Labute approximate surface area is 142 Å². The molecule has 1 aliphatic rings. The average Bonchev–Trinajstić information content (AvgIpc) is 2.68. The van der Waals surface area contributed by atoms with Gasteiger partial charge in [-0.3, -0.25) is 0 Å². The monoisotopic (exact) mass is 340 g/mol. The zero-order chi connectivity index (χ0) is 18.1. The van der Waals surface area contributed by atoms with E-state index in [1.54, 1.807) is 4.90 Å². The number of hydrogen-bond acceptors (Lipinski definition) is 4. The van der Waals surface area contributed by atoms with Gasteiger partial charge in [-0.1, -0.05) is 20.8 Å². The number of amides is 1. The summed E-state index contributed by atoms with van der Waals surface area (Å²) >= 11 is 0. The topological polar surface area (TPSA) is 62.6 Å². The first kappa shape index (κ1) is 20.0. The van der Waals surface area contributed by atoms with Crippen LogP contribution in [0.25, 0.3) is 0 Å². The number of nitrogens with zero attached hydrogens (tertiary/aromatic N) is 2. The zero-order valence-corrected chi connectivity index (χ0v) is 16.9. The molecular formula is C17H32N2O3Si. The fraction of sp³-hybridized carbons (Fsp3) is 0.882. The van der Waals surface area contributed by atoms with Gasteiger partial charge in [0.25, 0.3) is 0 Å². The van der Waals surface area contributed by atoms with Gasteiger partial charge in [0.1, 0.15) is 5.60 Å². The molecule has 0 saturated carbocycles. The average molecular weight is 341 g/mol. The van der Waals surface area contributed by atoms with Crippen LogP contribution in [0.2, 0.25) is 18.1 Å². The second-order valence-electron chi connectivity index (χ2n) is 8.88. The number of ether oxygens (including phenoxy) is 1. The highest BCUT2D eigenvalue weighted by molar-refractivity contribution is 6.74. The molecule has 23 heavy (non-hydrogen) atoms. The van der Waals surface area contributed by atoms with Crippen molar-refractivity contribution in [2.75, 3.05) is 6.54 Å². The van der Waals surface area contributed by atoms with Crippen LogP contribution in [-0.4, -0.2) is 43.6 Å². The van der Waals surface area contributed by atoms with Gasteiger partial charge in [0, 0.05) is 6.54 Å². The van der Waals surface area contributed by atoms with Crippen LogP contribution in [-0.2, 0) is 9.16 Å². The quantitative estimate of drug-likeness (QED) is 0.719. The maximum atomic E-state index is 12.4. The standard InChI is InChI=1S/C17H32N2O3Si/c1-16(2,3)21-15(20)19-12-14(11-13(19)9-10-18)22-23(7,8)17(4,5)6/h13-14H,9,11-12H2,1-8H3/t13-,14?/m1/s1. The first-order valence-corrected chi connectivity index (χ1v) is 11.2. The number of carbonyl (C=O) groups is 1. The van der Waals surface area contributed by atoms with Crippen molar-refractivity contribution in [2.24, 2.45) is 0 Å². The Kier molecular flexibility index (Phi) is 5.92. The van der Waals surface area contributed by atoms with Gasteiger partial charge in [-0.05, 0) is 45.3 Å². The highest BCUT2D eigenvalue weighted by Gasteiger charge is 2.44.